The Morgan fingerprint density at radius 3 is 2.37 bits per heavy atom. The van der Waals surface area contributed by atoms with Gasteiger partial charge in [0, 0.05) is 19.6 Å². The Morgan fingerprint density at radius 2 is 1.70 bits per heavy atom. The Balaban J connectivity index is 1.48. The van der Waals surface area contributed by atoms with Crippen molar-refractivity contribution in [3.05, 3.63) is 64.2 Å². The minimum absolute atomic E-state index is 0.119. The van der Waals surface area contributed by atoms with Gasteiger partial charge in [0.25, 0.3) is 0 Å². The van der Waals surface area contributed by atoms with E-state index in [9.17, 15) is 8.42 Å². The minimum atomic E-state index is -3.50. The fraction of sp³-hybridized carbons (Fsp3) is 0.500. The largest absolute Gasteiger partial charge is 0.371 e. The molecule has 1 aliphatic heterocycles. The van der Waals surface area contributed by atoms with E-state index in [2.05, 4.69) is 27.8 Å². The van der Waals surface area contributed by atoms with Crippen molar-refractivity contribution >= 4 is 10.0 Å². The van der Waals surface area contributed by atoms with Crippen LogP contribution in [0.2, 0.25) is 0 Å². The lowest BCUT2D eigenvalue weighted by Gasteiger charge is -2.33. The van der Waals surface area contributed by atoms with E-state index in [0.29, 0.717) is 11.4 Å². The third-order valence-electron chi connectivity index (χ3n) is 6.08. The van der Waals surface area contributed by atoms with E-state index in [1.807, 2.05) is 45.9 Å². The van der Waals surface area contributed by atoms with Gasteiger partial charge in [-0.1, -0.05) is 36.4 Å². The first-order valence-electron chi connectivity index (χ1n) is 10.8. The number of ether oxygens (including phenoxy) is 1. The lowest BCUT2D eigenvalue weighted by atomic mass is 10.0. The van der Waals surface area contributed by atoms with Crippen molar-refractivity contribution in [3.8, 4) is 0 Å². The van der Waals surface area contributed by atoms with Crippen molar-refractivity contribution in [2.75, 3.05) is 32.8 Å². The molecule has 1 aliphatic rings. The van der Waals surface area contributed by atoms with E-state index < -0.39 is 10.0 Å². The molecule has 30 heavy (non-hydrogen) atoms. The number of sulfonamides is 1. The summed E-state index contributed by atoms with van der Waals surface area (Å²) in [5.41, 5.74) is 4.92. The third kappa shape index (κ3) is 5.49. The van der Waals surface area contributed by atoms with Gasteiger partial charge in [-0.3, -0.25) is 4.90 Å². The maximum absolute atomic E-state index is 12.9. The van der Waals surface area contributed by atoms with Gasteiger partial charge in [-0.25, -0.2) is 13.1 Å². The van der Waals surface area contributed by atoms with Crippen molar-refractivity contribution in [1.82, 2.24) is 9.62 Å². The van der Waals surface area contributed by atoms with Gasteiger partial charge in [0.2, 0.25) is 10.0 Å². The van der Waals surface area contributed by atoms with E-state index in [1.165, 1.54) is 5.56 Å². The molecule has 2 aromatic rings. The molecular weight excluding hydrogens is 396 g/mol. The highest BCUT2D eigenvalue weighted by molar-refractivity contribution is 7.89. The Morgan fingerprint density at radius 1 is 1.03 bits per heavy atom. The molecule has 6 heteroatoms. The fourth-order valence-electron chi connectivity index (χ4n) is 4.10. The number of nitrogens with one attached hydrogen (secondary N) is 1. The van der Waals surface area contributed by atoms with Crippen LogP contribution in [0.1, 0.15) is 46.8 Å². The van der Waals surface area contributed by atoms with Crippen LogP contribution in [-0.4, -0.2) is 46.1 Å². The van der Waals surface area contributed by atoms with Crippen molar-refractivity contribution < 1.29 is 13.2 Å². The van der Waals surface area contributed by atoms with E-state index in [1.54, 1.807) is 0 Å². The first kappa shape index (κ1) is 22.9. The van der Waals surface area contributed by atoms with E-state index in [4.69, 9.17) is 4.74 Å². The zero-order chi connectivity index (χ0) is 21.7. The minimum Gasteiger partial charge on any atom is -0.371 e. The van der Waals surface area contributed by atoms with Gasteiger partial charge in [-0.2, -0.15) is 0 Å². The number of aryl methyl sites for hydroxylation is 2. The van der Waals surface area contributed by atoms with Crippen molar-refractivity contribution in [2.45, 2.75) is 51.5 Å². The van der Waals surface area contributed by atoms with Crippen LogP contribution in [0, 0.1) is 27.7 Å². The summed E-state index contributed by atoms with van der Waals surface area (Å²) in [6, 6.07) is 12.4. The maximum Gasteiger partial charge on any atom is 0.241 e. The van der Waals surface area contributed by atoms with Crippen LogP contribution in [0.25, 0.3) is 0 Å². The zero-order valence-electron chi connectivity index (χ0n) is 18.6. The summed E-state index contributed by atoms with van der Waals surface area (Å²) in [7, 11) is -3.50. The average Bonchev–Trinajstić information content (AvgIpc) is 2.73. The molecule has 3 rings (SSSR count). The Hall–Kier alpha value is -1.73. The van der Waals surface area contributed by atoms with Crippen LogP contribution in [-0.2, 0) is 14.8 Å². The summed E-state index contributed by atoms with van der Waals surface area (Å²) in [5.74, 6) is 0. The Kier molecular flexibility index (Phi) is 7.69. The molecule has 0 spiro atoms. The molecule has 164 valence electrons. The standard InChI is InChI=1S/C24H34N2O3S/c1-18-16-19(2)21(4)24(20(18)3)30(27,28)25-12-8-9-13-26-14-15-29-23(17-26)22-10-6-5-7-11-22/h5-7,10-11,16,23,25H,8-9,12-15,17H2,1-4H3/t23-/m1/s1. The van der Waals surface area contributed by atoms with E-state index in [-0.39, 0.29) is 6.10 Å². The Labute approximate surface area is 181 Å². The first-order chi connectivity index (χ1) is 14.3. The topological polar surface area (TPSA) is 58.6 Å². The van der Waals surface area contributed by atoms with Crippen molar-refractivity contribution in [3.63, 3.8) is 0 Å². The lowest BCUT2D eigenvalue weighted by molar-refractivity contribution is -0.0303. The second-order valence-corrected chi connectivity index (χ2v) is 9.97. The second kappa shape index (κ2) is 10.1. The molecule has 1 fully saturated rings. The second-order valence-electron chi connectivity index (χ2n) is 8.27. The van der Waals surface area contributed by atoms with Gasteiger partial charge >= 0.3 is 0 Å². The molecule has 0 aliphatic carbocycles. The normalized spacial score (nSPS) is 17.9. The highest BCUT2D eigenvalue weighted by Gasteiger charge is 2.23. The van der Waals surface area contributed by atoms with Gasteiger partial charge in [-0.05, 0) is 74.9 Å². The summed E-state index contributed by atoms with van der Waals surface area (Å²) in [6.07, 6.45) is 1.89. The molecule has 2 aromatic carbocycles. The average molecular weight is 431 g/mol. The molecule has 0 amide bonds. The number of hydrogen-bond acceptors (Lipinski definition) is 4. The molecule has 5 nitrogen and oxygen atoms in total. The van der Waals surface area contributed by atoms with E-state index in [0.717, 1.165) is 61.3 Å². The molecule has 1 heterocycles. The maximum atomic E-state index is 12.9. The molecule has 0 bridgehead atoms. The van der Waals surface area contributed by atoms with Crippen molar-refractivity contribution in [1.29, 1.82) is 0 Å². The zero-order valence-corrected chi connectivity index (χ0v) is 19.4. The molecule has 0 radical (unpaired) electrons. The smallest absolute Gasteiger partial charge is 0.241 e. The van der Waals surface area contributed by atoms with Gasteiger partial charge < -0.3 is 4.74 Å². The highest BCUT2D eigenvalue weighted by Crippen LogP contribution is 2.26. The van der Waals surface area contributed by atoms with Crippen molar-refractivity contribution in [2.24, 2.45) is 0 Å². The third-order valence-corrected chi connectivity index (χ3v) is 7.82. The summed E-state index contributed by atoms with van der Waals surface area (Å²) in [4.78, 5) is 2.85. The van der Waals surface area contributed by atoms with Gasteiger partial charge in [-0.15, -0.1) is 0 Å². The summed E-state index contributed by atoms with van der Waals surface area (Å²) < 4.78 is 34.5. The fourth-order valence-corrected chi connectivity index (χ4v) is 5.78. The van der Waals surface area contributed by atoms with Gasteiger partial charge in [0.1, 0.15) is 0 Å². The molecule has 0 saturated carbocycles. The van der Waals surface area contributed by atoms with Crippen LogP contribution in [0.5, 0.6) is 0 Å². The Bertz CT molecular complexity index is 932. The molecule has 0 unspecified atom stereocenters. The lowest BCUT2D eigenvalue weighted by Crippen LogP contribution is -2.39. The molecule has 1 saturated heterocycles. The van der Waals surface area contributed by atoms with Crippen LogP contribution in [0.4, 0.5) is 0 Å². The van der Waals surface area contributed by atoms with Crippen LogP contribution in [0.15, 0.2) is 41.3 Å². The predicted octanol–water partition coefficient (Wildman–Crippen LogP) is 4.05. The quantitative estimate of drug-likeness (QED) is 0.642. The number of rotatable bonds is 8. The van der Waals surface area contributed by atoms with Gasteiger partial charge in [0.15, 0.2) is 0 Å². The predicted molar refractivity (Wildman–Crippen MR) is 121 cm³/mol. The molecule has 1 N–H and O–H groups in total. The number of hydrogen-bond donors (Lipinski definition) is 1. The summed E-state index contributed by atoms with van der Waals surface area (Å²) in [6.45, 7) is 11.7. The summed E-state index contributed by atoms with van der Waals surface area (Å²) >= 11 is 0. The van der Waals surface area contributed by atoms with Crippen LogP contribution < -0.4 is 4.72 Å². The highest BCUT2D eigenvalue weighted by atomic mass is 32.2. The number of morpholine rings is 1. The van der Waals surface area contributed by atoms with Crippen LogP contribution >= 0.6 is 0 Å². The summed E-state index contributed by atoms with van der Waals surface area (Å²) in [5, 5.41) is 0. The SMILES string of the molecule is Cc1cc(C)c(C)c(S(=O)(=O)NCCCCN2CCO[C@@H](c3ccccc3)C2)c1C. The number of benzene rings is 2. The monoisotopic (exact) mass is 430 g/mol. The number of unbranched alkanes of at least 4 members (excludes halogenated alkanes) is 1. The molecule has 1 atom stereocenters. The number of nitrogens with zero attached hydrogens (tertiary/aromatic N) is 1. The molecular formula is C24H34N2O3S. The van der Waals surface area contributed by atoms with Crippen LogP contribution in [0.3, 0.4) is 0 Å². The van der Waals surface area contributed by atoms with E-state index >= 15 is 0 Å². The molecule has 0 aromatic heterocycles. The van der Waals surface area contributed by atoms with Gasteiger partial charge in [0.05, 0.1) is 17.6 Å². The first-order valence-corrected chi connectivity index (χ1v) is 12.2.